The number of hydrogen-bond donors (Lipinski definition) is 0. The molecule has 2 aliphatic rings. The van der Waals surface area contributed by atoms with Crippen molar-refractivity contribution in [3.8, 4) is 0 Å². The van der Waals surface area contributed by atoms with Gasteiger partial charge in [-0.25, -0.2) is 0 Å². The van der Waals surface area contributed by atoms with Crippen molar-refractivity contribution in [2.24, 2.45) is 11.8 Å². The Labute approximate surface area is 95.9 Å². The summed E-state index contributed by atoms with van der Waals surface area (Å²) in [4.78, 5) is 24.4. The van der Waals surface area contributed by atoms with Crippen LogP contribution in [0.1, 0.15) is 33.1 Å². The molecule has 1 aliphatic heterocycles. The van der Waals surface area contributed by atoms with Gasteiger partial charge in [-0.15, -0.1) is 0 Å². The molecule has 0 aromatic carbocycles. The fourth-order valence-corrected chi connectivity index (χ4v) is 2.69. The van der Waals surface area contributed by atoms with Crippen molar-refractivity contribution in [2.75, 3.05) is 13.1 Å². The minimum absolute atomic E-state index is 0.275. The van der Waals surface area contributed by atoms with E-state index in [0.29, 0.717) is 12.0 Å². The van der Waals surface area contributed by atoms with Gasteiger partial charge in [0.1, 0.15) is 0 Å². The normalized spacial score (nSPS) is 37.2. The first-order valence-electron chi connectivity index (χ1n) is 6.04. The van der Waals surface area contributed by atoms with Gasteiger partial charge in [0.05, 0.1) is 13.1 Å². The lowest BCUT2D eigenvalue weighted by atomic mass is 9.78. The molecule has 3 unspecified atom stereocenters. The fourth-order valence-electron chi connectivity index (χ4n) is 2.69. The zero-order valence-corrected chi connectivity index (χ0v) is 9.94. The number of cyclic esters (lactones) is 2. The standard InChI is InChI=1S/C12H19NO3/c1-8-3-4-10(5-9(8)2)13-6-11(14)16-12(15)7-13/h8-10H,3-7H2,1-2H3. The molecule has 0 N–H and O–H groups in total. The number of rotatable bonds is 1. The smallest absolute Gasteiger partial charge is 0.327 e. The second-order valence-corrected chi connectivity index (χ2v) is 5.17. The maximum absolute atomic E-state index is 11.2. The Morgan fingerprint density at radius 3 is 2.25 bits per heavy atom. The average molecular weight is 225 g/mol. The van der Waals surface area contributed by atoms with Gasteiger partial charge in [-0.1, -0.05) is 13.8 Å². The third-order valence-corrected chi connectivity index (χ3v) is 3.98. The second kappa shape index (κ2) is 4.53. The molecule has 1 saturated heterocycles. The van der Waals surface area contributed by atoms with Crippen LogP contribution in [0.25, 0.3) is 0 Å². The Hall–Kier alpha value is -0.900. The summed E-state index contributed by atoms with van der Waals surface area (Å²) < 4.78 is 4.54. The minimum Gasteiger partial charge on any atom is -0.391 e. The summed E-state index contributed by atoms with van der Waals surface area (Å²) in [7, 11) is 0. The van der Waals surface area contributed by atoms with Crippen molar-refractivity contribution in [3.05, 3.63) is 0 Å². The van der Waals surface area contributed by atoms with Crippen molar-refractivity contribution in [3.63, 3.8) is 0 Å². The summed E-state index contributed by atoms with van der Waals surface area (Å²) >= 11 is 0. The molecule has 1 heterocycles. The molecular formula is C12H19NO3. The van der Waals surface area contributed by atoms with Crippen molar-refractivity contribution >= 4 is 11.9 Å². The van der Waals surface area contributed by atoms with E-state index in [4.69, 9.17) is 0 Å². The largest absolute Gasteiger partial charge is 0.391 e. The average Bonchev–Trinajstić information content (AvgIpc) is 2.20. The molecule has 1 saturated carbocycles. The predicted molar refractivity (Wildman–Crippen MR) is 58.6 cm³/mol. The molecular weight excluding hydrogens is 206 g/mol. The van der Waals surface area contributed by atoms with Crippen LogP contribution in [0, 0.1) is 11.8 Å². The van der Waals surface area contributed by atoms with Gasteiger partial charge in [-0.05, 0) is 31.1 Å². The van der Waals surface area contributed by atoms with Crippen molar-refractivity contribution in [2.45, 2.75) is 39.2 Å². The first-order chi connectivity index (χ1) is 7.56. The number of esters is 2. The van der Waals surface area contributed by atoms with Crippen LogP contribution in [0.4, 0.5) is 0 Å². The Morgan fingerprint density at radius 1 is 1.06 bits per heavy atom. The number of ether oxygens (including phenoxy) is 1. The van der Waals surface area contributed by atoms with Crippen LogP contribution in [0.5, 0.6) is 0 Å². The van der Waals surface area contributed by atoms with Crippen LogP contribution in [0.3, 0.4) is 0 Å². The Balaban J connectivity index is 1.97. The highest BCUT2D eigenvalue weighted by Crippen LogP contribution is 2.32. The maximum Gasteiger partial charge on any atom is 0.327 e. The van der Waals surface area contributed by atoms with Gasteiger partial charge in [-0.2, -0.15) is 0 Å². The van der Waals surface area contributed by atoms with E-state index in [-0.39, 0.29) is 13.1 Å². The fraction of sp³-hybridized carbons (Fsp3) is 0.833. The molecule has 0 aromatic rings. The summed E-state index contributed by atoms with van der Waals surface area (Å²) in [5, 5.41) is 0. The maximum atomic E-state index is 11.2. The van der Waals surface area contributed by atoms with E-state index >= 15 is 0 Å². The predicted octanol–water partition coefficient (Wildman–Crippen LogP) is 1.20. The molecule has 0 radical (unpaired) electrons. The van der Waals surface area contributed by atoms with Crippen molar-refractivity contribution < 1.29 is 14.3 Å². The molecule has 4 heteroatoms. The van der Waals surface area contributed by atoms with Gasteiger partial charge < -0.3 is 4.74 Å². The van der Waals surface area contributed by atoms with Gasteiger partial charge in [-0.3, -0.25) is 14.5 Å². The SMILES string of the molecule is CC1CCC(N2CC(=O)OC(=O)C2)CC1C. The van der Waals surface area contributed by atoms with Crippen LogP contribution in [-0.2, 0) is 14.3 Å². The van der Waals surface area contributed by atoms with Crippen LogP contribution in [0.15, 0.2) is 0 Å². The van der Waals surface area contributed by atoms with Gasteiger partial charge in [0, 0.05) is 6.04 Å². The van der Waals surface area contributed by atoms with Crippen LogP contribution in [0.2, 0.25) is 0 Å². The number of carbonyl (C=O) groups is 2. The molecule has 2 fully saturated rings. The molecule has 3 atom stereocenters. The third kappa shape index (κ3) is 2.43. The Bertz CT molecular complexity index is 287. The van der Waals surface area contributed by atoms with E-state index < -0.39 is 11.9 Å². The third-order valence-electron chi connectivity index (χ3n) is 3.98. The highest BCUT2D eigenvalue weighted by atomic mass is 16.6. The van der Waals surface area contributed by atoms with Crippen molar-refractivity contribution in [1.82, 2.24) is 4.90 Å². The van der Waals surface area contributed by atoms with Gasteiger partial charge in [0.2, 0.25) is 0 Å². The zero-order valence-electron chi connectivity index (χ0n) is 9.94. The number of hydrogen-bond acceptors (Lipinski definition) is 4. The number of carbonyl (C=O) groups excluding carboxylic acids is 2. The Morgan fingerprint density at radius 2 is 1.69 bits per heavy atom. The second-order valence-electron chi connectivity index (χ2n) is 5.17. The van der Waals surface area contributed by atoms with E-state index in [2.05, 4.69) is 18.6 Å². The molecule has 1 aliphatic carbocycles. The molecule has 0 bridgehead atoms. The zero-order chi connectivity index (χ0) is 11.7. The highest BCUT2D eigenvalue weighted by Gasteiger charge is 2.34. The number of nitrogens with zero attached hydrogens (tertiary/aromatic N) is 1. The Kier molecular flexibility index (Phi) is 3.28. The summed E-state index contributed by atoms with van der Waals surface area (Å²) in [6, 6.07) is 0.378. The molecule has 16 heavy (non-hydrogen) atoms. The van der Waals surface area contributed by atoms with E-state index in [1.807, 2.05) is 4.90 Å². The first-order valence-corrected chi connectivity index (χ1v) is 6.04. The van der Waals surface area contributed by atoms with E-state index in [1.165, 1.54) is 6.42 Å². The molecule has 2 rings (SSSR count). The van der Waals surface area contributed by atoms with E-state index in [9.17, 15) is 9.59 Å². The van der Waals surface area contributed by atoms with E-state index in [1.54, 1.807) is 0 Å². The van der Waals surface area contributed by atoms with Gasteiger partial charge in [0.25, 0.3) is 0 Å². The molecule has 90 valence electrons. The van der Waals surface area contributed by atoms with Gasteiger partial charge in [0.15, 0.2) is 0 Å². The minimum atomic E-state index is -0.400. The topological polar surface area (TPSA) is 46.6 Å². The molecule has 0 amide bonds. The van der Waals surface area contributed by atoms with Crippen molar-refractivity contribution in [1.29, 1.82) is 0 Å². The van der Waals surface area contributed by atoms with Crippen LogP contribution < -0.4 is 0 Å². The van der Waals surface area contributed by atoms with Crippen LogP contribution >= 0.6 is 0 Å². The number of morpholine rings is 1. The molecule has 0 spiro atoms. The highest BCUT2D eigenvalue weighted by molar-refractivity contribution is 5.90. The quantitative estimate of drug-likeness (QED) is 0.497. The summed E-state index contributed by atoms with van der Waals surface area (Å²) in [6.07, 6.45) is 3.36. The lowest BCUT2D eigenvalue weighted by molar-refractivity contribution is -0.168. The summed E-state index contributed by atoms with van der Waals surface area (Å²) in [6.45, 7) is 5.08. The summed E-state index contributed by atoms with van der Waals surface area (Å²) in [5.74, 6) is 0.626. The monoisotopic (exact) mass is 225 g/mol. The lowest BCUT2D eigenvalue weighted by Crippen LogP contribution is -2.50. The first kappa shape index (κ1) is 11.6. The summed E-state index contributed by atoms with van der Waals surface area (Å²) in [5.41, 5.74) is 0. The molecule has 4 nitrogen and oxygen atoms in total. The van der Waals surface area contributed by atoms with E-state index in [0.717, 1.165) is 18.8 Å². The van der Waals surface area contributed by atoms with Crippen LogP contribution in [-0.4, -0.2) is 36.0 Å². The van der Waals surface area contributed by atoms with Gasteiger partial charge >= 0.3 is 11.9 Å². The lowest BCUT2D eigenvalue weighted by Gasteiger charge is -2.39. The molecule has 0 aromatic heterocycles.